The van der Waals surface area contributed by atoms with E-state index in [1.807, 2.05) is 12.1 Å². The SMILES string of the molecule is Cc1c(-c2ccc(N)cc2)sc2c1c(=O)n(-c1ccccc1)c(=O)n2Cc1c(F)cccc1F. The Balaban J connectivity index is 1.87. The maximum Gasteiger partial charge on any atom is 0.337 e. The second kappa shape index (κ2) is 8.39. The summed E-state index contributed by atoms with van der Waals surface area (Å²) in [6.07, 6.45) is 0. The zero-order chi connectivity index (χ0) is 24.0. The zero-order valence-corrected chi connectivity index (χ0v) is 18.9. The van der Waals surface area contributed by atoms with Gasteiger partial charge >= 0.3 is 5.69 Å². The summed E-state index contributed by atoms with van der Waals surface area (Å²) in [5.74, 6) is -1.52. The quantitative estimate of drug-likeness (QED) is 0.368. The molecule has 0 bridgehead atoms. The molecule has 5 aromatic rings. The van der Waals surface area contributed by atoms with Crippen LogP contribution in [0.5, 0.6) is 0 Å². The van der Waals surface area contributed by atoms with Gasteiger partial charge < -0.3 is 5.73 Å². The van der Waals surface area contributed by atoms with E-state index in [9.17, 15) is 18.4 Å². The van der Waals surface area contributed by atoms with Crippen LogP contribution in [0.2, 0.25) is 0 Å². The Morgan fingerprint density at radius 3 is 2.18 bits per heavy atom. The highest BCUT2D eigenvalue weighted by Crippen LogP contribution is 2.37. The van der Waals surface area contributed by atoms with Gasteiger partial charge in [0.25, 0.3) is 5.56 Å². The van der Waals surface area contributed by atoms with E-state index in [0.717, 1.165) is 27.1 Å². The molecule has 2 aromatic heterocycles. The molecule has 0 fully saturated rings. The van der Waals surface area contributed by atoms with Gasteiger partial charge in [0.15, 0.2) is 0 Å². The van der Waals surface area contributed by atoms with Crippen molar-refractivity contribution in [3.63, 3.8) is 0 Å². The van der Waals surface area contributed by atoms with Crippen LogP contribution in [0.3, 0.4) is 0 Å². The molecule has 0 saturated heterocycles. The molecule has 5 rings (SSSR count). The molecule has 34 heavy (non-hydrogen) atoms. The molecule has 2 heterocycles. The Kier molecular flexibility index (Phi) is 5.37. The molecule has 3 aromatic carbocycles. The van der Waals surface area contributed by atoms with Crippen LogP contribution in [0, 0.1) is 18.6 Å². The summed E-state index contributed by atoms with van der Waals surface area (Å²) < 4.78 is 31.4. The first-order chi connectivity index (χ1) is 16.4. The van der Waals surface area contributed by atoms with Gasteiger partial charge in [0.1, 0.15) is 16.5 Å². The van der Waals surface area contributed by atoms with Crippen LogP contribution in [0.4, 0.5) is 14.5 Å². The summed E-state index contributed by atoms with van der Waals surface area (Å²) >= 11 is 1.24. The monoisotopic (exact) mass is 475 g/mol. The number of aromatic nitrogens is 2. The molecule has 0 saturated carbocycles. The van der Waals surface area contributed by atoms with Crippen LogP contribution in [-0.2, 0) is 6.54 Å². The van der Waals surface area contributed by atoms with E-state index in [0.29, 0.717) is 27.2 Å². The Morgan fingerprint density at radius 1 is 0.882 bits per heavy atom. The lowest BCUT2D eigenvalue weighted by Crippen LogP contribution is -2.39. The Labute approximate surface area is 197 Å². The Hall–Kier alpha value is -4.04. The Morgan fingerprint density at radius 2 is 1.53 bits per heavy atom. The molecule has 0 spiro atoms. The van der Waals surface area contributed by atoms with E-state index < -0.39 is 22.9 Å². The van der Waals surface area contributed by atoms with Crippen LogP contribution in [0.1, 0.15) is 11.1 Å². The molecular formula is C26H19F2N3O2S. The van der Waals surface area contributed by atoms with E-state index in [-0.39, 0.29) is 12.1 Å². The minimum atomic E-state index is -0.760. The molecule has 5 nitrogen and oxygen atoms in total. The third-order valence-corrected chi connectivity index (χ3v) is 7.14. The fourth-order valence-electron chi connectivity index (χ4n) is 4.04. The lowest BCUT2D eigenvalue weighted by atomic mass is 10.1. The lowest BCUT2D eigenvalue weighted by Gasteiger charge is -2.13. The lowest BCUT2D eigenvalue weighted by molar-refractivity contribution is 0.541. The number of halogens is 2. The maximum absolute atomic E-state index is 14.5. The van der Waals surface area contributed by atoms with Crippen molar-refractivity contribution in [2.45, 2.75) is 13.5 Å². The highest BCUT2D eigenvalue weighted by Gasteiger charge is 2.23. The molecule has 170 valence electrons. The first kappa shape index (κ1) is 21.8. The van der Waals surface area contributed by atoms with E-state index in [2.05, 4.69) is 0 Å². The molecule has 0 unspecified atom stereocenters. The number of fused-ring (bicyclic) bond motifs is 1. The minimum Gasteiger partial charge on any atom is -0.399 e. The van der Waals surface area contributed by atoms with Crippen molar-refractivity contribution in [1.82, 2.24) is 9.13 Å². The first-order valence-electron chi connectivity index (χ1n) is 10.5. The Bertz CT molecular complexity index is 1630. The number of benzene rings is 3. The summed E-state index contributed by atoms with van der Waals surface area (Å²) in [7, 11) is 0. The van der Waals surface area contributed by atoms with Gasteiger partial charge in [-0.15, -0.1) is 11.3 Å². The van der Waals surface area contributed by atoms with Crippen molar-refractivity contribution in [3.05, 3.63) is 116 Å². The average Bonchev–Trinajstić information content (AvgIpc) is 3.17. The van der Waals surface area contributed by atoms with Crippen molar-refractivity contribution in [2.24, 2.45) is 0 Å². The zero-order valence-electron chi connectivity index (χ0n) is 18.1. The largest absolute Gasteiger partial charge is 0.399 e. The van der Waals surface area contributed by atoms with Crippen LogP contribution in [0.25, 0.3) is 26.3 Å². The van der Waals surface area contributed by atoms with E-state index in [1.54, 1.807) is 49.4 Å². The van der Waals surface area contributed by atoms with Crippen molar-refractivity contribution in [3.8, 4) is 16.1 Å². The summed E-state index contributed by atoms with van der Waals surface area (Å²) in [6, 6.07) is 19.2. The van der Waals surface area contributed by atoms with Crippen molar-refractivity contribution in [1.29, 1.82) is 0 Å². The maximum atomic E-state index is 14.5. The van der Waals surface area contributed by atoms with Crippen molar-refractivity contribution >= 4 is 27.2 Å². The molecule has 0 aliphatic carbocycles. The molecule has 0 radical (unpaired) electrons. The van der Waals surface area contributed by atoms with Crippen LogP contribution < -0.4 is 17.0 Å². The summed E-state index contributed by atoms with van der Waals surface area (Å²) in [5.41, 5.74) is 6.91. The summed E-state index contributed by atoms with van der Waals surface area (Å²) in [4.78, 5) is 28.3. The standard InChI is InChI=1S/C26H19F2N3O2S/c1-15-22-24(32)31(18-6-3-2-4-7-18)26(33)30(14-19-20(27)8-5-9-21(19)28)25(22)34-23(15)16-10-12-17(29)13-11-16/h2-13H,14,29H2,1H3. The number of thiophene rings is 1. The number of aryl methyl sites for hydroxylation is 1. The molecular weight excluding hydrogens is 456 g/mol. The van der Waals surface area contributed by atoms with Gasteiger partial charge in [0.2, 0.25) is 0 Å². The predicted molar refractivity (Wildman–Crippen MR) is 132 cm³/mol. The number of rotatable bonds is 4. The van der Waals surface area contributed by atoms with E-state index >= 15 is 0 Å². The second-order valence-corrected chi connectivity index (χ2v) is 8.90. The number of hydrogen-bond acceptors (Lipinski definition) is 4. The molecule has 8 heteroatoms. The molecule has 0 aliphatic rings. The van der Waals surface area contributed by atoms with E-state index in [4.69, 9.17) is 5.73 Å². The van der Waals surface area contributed by atoms with Gasteiger partial charge in [-0.2, -0.15) is 0 Å². The summed E-state index contributed by atoms with van der Waals surface area (Å²) in [6.45, 7) is 1.45. The van der Waals surface area contributed by atoms with Crippen molar-refractivity contribution in [2.75, 3.05) is 5.73 Å². The third kappa shape index (κ3) is 3.52. The second-order valence-electron chi connectivity index (χ2n) is 7.90. The van der Waals surface area contributed by atoms with Gasteiger partial charge in [-0.3, -0.25) is 9.36 Å². The number of para-hydroxylation sites is 1. The van der Waals surface area contributed by atoms with Gasteiger partial charge in [0.05, 0.1) is 17.6 Å². The highest BCUT2D eigenvalue weighted by atomic mass is 32.1. The van der Waals surface area contributed by atoms with Crippen molar-refractivity contribution < 1.29 is 8.78 Å². The normalized spacial score (nSPS) is 11.3. The fourth-order valence-corrected chi connectivity index (χ4v) is 5.34. The van der Waals surface area contributed by atoms with Gasteiger partial charge in [-0.05, 0) is 54.4 Å². The number of nitrogens with zero attached hydrogens (tertiary/aromatic N) is 2. The predicted octanol–water partition coefficient (Wildman–Crippen LogP) is 5.10. The smallest absolute Gasteiger partial charge is 0.337 e. The van der Waals surface area contributed by atoms with Gasteiger partial charge in [-0.1, -0.05) is 36.4 Å². The first-order valence-corrected chi connectivity index (χ1v) is 11.3. The van der Waals surface area contributed by atoms with Gasteiger partial charge in [-0.25, -0.2) is 18.1 Å². The van der Waals surface area contributed by atoms with Crippen LogP contribution >= 0.6 is 11.3 Å². The van der Waals surface area contributed by atoms with Crippen LogP contribution in [0.15, 0.2) is 82.4 Å². The number of anilines is 1. The molecule has 0 aliphatic heterocycles. The summed E-state index contributed by atoms with van der Waals surface area (Å²) in [5, 5.41) is 0.331. The minimum absolute atomic E-state index is 0.246. The number of hydrogen-bond donors (Lipinski definition) is 1. The fraction of sp³-hybridized carbons (Fsp3) is 0.0769. The van der Waals surface area contributed by atoms with E-state index in [1.165, 1.54) is 22.0 Å². The molecule has 0 atom stereocenters. The molecule has 2 N–H and O–H groups in total. The highest BCUT2D eigenvalue weighted by molar-refractivity contribution is 7.22. The average molecular weight is 476 g/mol. The number of nitrogen functional groups attached to an aromatic ring is 1. The number of nitrogens with two attached hydrogens (primary N) is 1. The van der Waals surface area contributed by atoms with Gasteiger partial charge in [0, 0.05) is 16.1 Å². The molecule has 0 amide bonds. The van der Waals surface area contributed by atoms with Crippen LogP contribution in [-0.4, -0.2) is 9.13 Å². The topological polar surface area (TPSA) is 70.0 Å². The third-order valence-electron chi connectivity index (χ3n) is 5.78.